The van der Waals surface area contributed by atoms with Gasteiger partial charge in [-0.3, -0.25) is 0 Å². The van der Waals surface area contributed by atoms with Crippen LogP contribution in [-0.4, -0.2) is 19.1 Å². The van der Waals surface area contributed by atoms with E-state index in [4.69, 9.17) is 29.7 Å². The number of rotatable bonds is 5. The summed E-state index contributed by atoms with van der Waals surface area (Å²) in [5.74, 6) is 0.418. The fourth-order valence-corrected chi connectivity index (χ4v) is 7.99. The van der Waals surface area contributed by atoms with Gasteiger partial charge in [0, 0.05) is 44.2 Å². The van der Waals surface area contributed by atoms with E-state index in [0.717, 1.165) is 60.5 Å². The molecule has 10 rings (SSSR count). The Morgan fingerprint density at radius 1 is 0.466 bits per heavy atom. The highest BCUT2D eigenvalue weighted by atomic mass is 15.0. The smallest absolute Gasteiger partial charge is 0.198 e. The molecule has 0 bridgehead atoms. The van der Waals surface area contributed by atoms with Crippen molar-refractivity contribution in [3.63, 3.8) is 0 Å². The van der Waals surface area contributed by atoms with Gasteiger partial charge in [0.2, 0.25) is 0 Å². The molecule has 10 aromatic rings. The second-order valence-corrected chi connectivity index (χ2v) is 13.8. The minimum Gasteiger partial charge on any atom is -0.309 e. The Hall–Kier alpha value is -8.82. The molecule has 58 heavy (non-hydrogen) atoms. The summed E-state index contributed by atoms with van der Waals surface area (Å²) in [5.41, 5.74) is 11.5. The molecule has 0 fully saturated rings. The van der Waals surface area contributed by atoms with Crippen molar-refractivity contribution in [3.8, 4) is 51.3 Å². The zero-order valence-corrected chi connectivity index (χ0v) is 30.6. The number of benzene rings is 7. The highest BCUT2D eigenvalue weighted by Crippen LogP contribution is 2.40. The van der Waals surface area contributed by atoms with Crippen molar-refractivity contribution in [2.45, 2.75) is 0 Å². The van der Waals surface area contributed by atoms with Crippen LogP contribution in [0.15, 0.2) is 158 Å². The molecular weight excluding hydrogens is 713 g/mol. The minimum absolute atomic E-state index is 0.418. The minimum atomic E-state index is 0.418. The van der Waals surface area contributed by atoms with Crippen LogP contribution in [0.5, 0.6) is 0 Å². The third kappa shape index (κ3) is 5.35. The van der Waals surface area contributed by atoms with Gasteiger partial charge in [-0.1, -0.05) is 84.9 Å². The molecule has 266 valence electrons. The quantitative estimate of drug-likeness (QED) is 0.165. The van der Waals surface area contributed by atoms with Crippen molar-refractivity contribution in [2.75, 3.05) is 0 Å². The molecule has 0 atom stereocenters. The second kappa shape index (κ2) is 13.5. The molecule has 0 amide bonds. The lowest BCUT2D eigenvalue weighted by Crippen LogP contribution is -1.97. The van der Waals surface area contributed by atoms with E-state index in [1.165, 1.54) is 0 Å². The van der Waals surface area contributed by atoms with Crippen molar-refractivity contribution in [1.29, 1.82) is 5.26 Å². The number of aromatic nitrogens is 4. The first-order valence-corrected chi connectivity index (χ1v) is 18.4. The average Bonchev–Trinajstić information content (AvgIpc) is 3.80. The van der Waals surface area contributed by atoms with Gasteiger partial charge in [0.15, 0.2) is 17.1 Å². The summed E-state index contributed by atoms with van der Waals surface area (Å²) in [7, 11) is 0. The summed E-state index contributed by atoms with van der Waals surface area (Å²) in [6.45, 7) is 23.2. The monoisotopic (exact) mass is 738 g/mol. The molecule has 0 aliphatic carbocycles. The molecule has 0 unspecified atom stereocenters. The predicted molar refractivity (Wildman–Crippen MR) is 231 cm³/mol. The standard InChI is InChI=1S/C50H26N8/c1-52-33-19-24-48-40(27-33)39-26-31(30-51)16-23-47(39)58(48)35-22-25-49-41(28-35)36-10-6-9-15-46(36)57(49)34-20-17-32(18-21-34)44-29-45(37-11-4-7-13-42(37)53-2)56-50(55-44)38-12-5-8-14-43(38)54-3/h4-29H. The summed E-state index contributed by atoms with van der Waals surface area (Å²) in [4.78, 5) is 21.0. The Bertz CT molecular complexity index is 3360. The predicted octanol–water partition coefficient (Wildman–Crippen LogP) is 13.2. The van der Waals surface area contributed by atoms with Crippen LogP contribution in [0.25, 0.3) is 103 Å². The first-order valence-electron chi connectivity index (χ1n) is 18.4. The Labute approximate surface area is 332 Å². The van der Waals surface area contributed by atoms with Crippen LogP contribution in [0.4, 0.5) is 17.1 Å². The summed E-state index contributed by atoms with van der Waals surface area (Å²) >= 11 is 0. The number of fused-ring (bicyclic) bond motifs is 6. The van der Waals surface area contributed by atoms with E-state index < -0.39 is 0 Å². The largest absolute Gasteiger partial charge is 0.309 e. The number of para-hydroxylation sites is 3. The molecule has 8 heteroatoms. The second-order valence-electron chi connectivity index (χ2n) is 13.8. The molecule has 3 aromatic heterocycles. The molecular formula is C50H26N8. The van der Waals surface area contributed by atoms with E-state index in [0.29, 0.717) is 51.0 Å². The van der Waals surface area contributed by atoms with Gasteiger partial charge in [0.25, 0.3) is 0 Å². The van der Waals surface area contributed by atoms with Crippen molar-refractivity contribution >= 4 is 60.7 Å². The number of nitriles is 1. The highest BCUT2D eigenvalue weighted by molar-refractivity contribution is 6.13. The van der Waals surface area contributed by atoms with Gasteiger partial charge in [-0.05, 0) is 78.2 Å². The zero-order valence-electron chi connectivity index (χ0n) is 30.6. The maximum Gasteiger partial charge on any atom is 0.198 e. The summed E-state index contributed by atoms with van der Waals surface area (Å²) in [6, 6.07) is 53.5. The Kier molecular flexibility index (Phi) is 7.84. The molecule has 0 radical (unpaired) electrons. The molecule has 7 aromatic carbocycles. The van der Waals surface area contributed by atoms with Gasteiger partial charge < -0.3 is 9.13 Å². The SMILES string of the molecule is [C-]#[N+]c1ccc2c(c1)c1cc(C#N)ccc1n2-c1ccc2c(c1)c1ccccc1n2-c1ccc(-c2cc(-c3ccccc3[N+]#[C-])nc(-c3ccccc3[N+]#[C-])n2)cc1. The molecule has 0 aliphatic heterocycles. The van der Waals surface area contributed by atoms with E-state index in [9.17, 15) is 5.26 Å². The van der Waals surface area contributed by atoms with Crippen LogP contribution in [0.2, 0.25) is 0 Å². The van der Waals surface area contributed by atoms with Crippen molar-refractivity contribution in [3.05, 3.63) is 198 Å². The van der Waals surface area contributed by atoms with Gasteiger partial charge in [-0.25, -0.2) is 24.5 Å². The molecule has 0 aliphatic rings. The van der Waals surface area contributed by atoms with Crippen LogP contribution >= 0.6 is 0 Å². The van der Waals surface area contributed by atoms with E-state index >= 15 is 0 Å². The van der Waals surface area contributed by atoms with Gasteiger partial charge >= 0.3 is 0 Å². The Morgan fingerprint density at radius 2 is 1.03 bits per heavy atom. The van der Waals surface area contributed by atoms with E-state index in [-0.39, 0.29) is 0 Å². The fourth-order valence-electron chi connectivity index (χ4n) is 7.99. The highest BCUT2D eigenvalue weighted by Gasteiger charge is 2.19. The number of hydrogen-bond donors (Lipinski definition) is 0. The average molecular weight is 739 g/mol. The van der Waals surface area contributed by atoms with Crippen LogP contribution in [-0.2, 0) is 0 Å². The van der Waals surface area contributed by atoms with E-state index in [1.807, 2.05) is 97.1 Å². The Balaban J connectivity index is 1.12. The summed E-state index contributed by atoms with van der Waals surface area (Å²) in [5, 5.41) is 13.7. The molecule has 0 spiro atoms. The van der Waals surface area contributed by atoms with Crippen LogP contribution in [0.3, 0.4) is 0 Å². The Morgan fingerprint density at radius 3 is 1.78 bits per heavy atom. The topological polar surface area (TPSA) is 72.5 Å². The summed E-state index contributed by atoms with van der Waals surface area (Å²) in [6.07, 6.45) is 0. The number of nitrogens with zero attached hydrogens (tertiary/aromatic N) is 8. The van der Waals surface area contributed by atoms with Crippen LogP contribution in [0, 0.1) is 31.0 Å². The van der Waals surface area contributed by atoms with E-state index in [2.05, 4.69) is 78.3 Å². The lowest BCUT2D eigenvalue weighted by Gasteiger charge is -2.13. The molecule has 8 nitrogen and oxygen atoms in total. The lowest BCUT2D eigenvalue weighted by atomic mass is 10.0. The molecule has 0 N–H and O–H groups in total. The lowest BCUT2D eigenvalue weighted by molar-refractivity contribution is 1.16. The van der Waals surface area contributed by atoms with Gasteiger partial charge in [0.1, 0.15) is 5.82 Å². The molecule has 3 heterocycles. The fraction of sp³-hybridized carbons (Fsp3) is 0. The van der Waals surface area contributed by atoms with Crippen molar-refractivity contribution in [2.24, 2.45) is 0 Å². The normalized spacial score (nSPS) is 11.0. The van der Waals surface area contributed by atoms with Gasteiger partial charge in [-0.2, -0.15) is 5.26 Å². The van der Waals surface area contributed by atoms with Crippen molar-refractivity contribution < 1.29 is 0 Å². The number of hydrogen-bond acceptors (Lipinski definition) is 3. The first-order chi connectivity index (χ1) is 28.6. The van der Waals surface area contributed by atoms with Gasteiger partial charge in [0.05, 0.1) is 64.8 Å². The maximum atomic E-state index is 9.69. The van der Waals surface area contributed by atoms with Crippen LogP contribution in [0.1, 0.15) is 5.56 Å². The van der Waals surface area contributed by atoms with Crippen molar-refractivity contribution in [1.82, 2.24) is 19.1 Å². The zero-order chi connectivity index (χ0) is 39.3. The maximum absolute atomic E-state index is 9.69. The van der Waals surface area contributed by atoms with Gasteiger partial charge in [-0.15, -0.1) is 0 Å². The first kappa shape index (κ1) is 33.7. The van der Waals surface area contributed by atoms with E-state index in [1.54, 1.807) is 12.1 Å². The molecule has 0 saturated carbocycles. The molecule has 0 saturated heterocycles. The third-order valence-electron chi connectivity index (χ3n) is 10.6. The third-order valence-corrected chi connectivity index (χ3v) is 10.6. The summed E-state index contributed by atoms with van der Waals surface area (Å²) < 4.78 is 4.47. The van der Waals surface area contributed by atoms with Crippen LogP contribution < -0.4 is 0 Å².